The number of hydrogen-bond donors (Lipinski definition) is 0. The summed E-state index contributed by atoms with van der Waals surface area (Å²) in [6.07, 6.45) is 4.99. The topological polar surface area (TPSA) is 26.8 Å². The van der Waals surface area contributed by atoms with Crippen LogP contribution in [0, 0.1) is 0 Å². The molecule has 0 radical (unpaired) electrons. The van der Waals surface area contributed by atoms with Crippen LogP contribution < -0.4 is 0 Å². The molecule has 0 bridgehead atoms. The summed E-state index contributed by atoms with van der Waals surface area (Å²) in [7, 11) is 0. The van der Waals surface area contributed by atoms with Crippen molar-refractivity contribution in [3.8, 4) is 0 Å². The van der Waals surface area contributed by atoms with E-state index in [4.69, 9.17) is 0 Å². The third kappa shape index (κ3) is 3.32. The van der Waals surface area contributed by atoms with Crippen molar-refractivity contribution in [3.63, 3.8) is 0 Å². The van der Waals surface area contributed by atoms with Gasteiger partial charge in [0.1, 0.15) is 0 Å². The number of nitrogens with zero attached hydrogens (tertiary/aromatic N) is 3. The van der Waals surface area contributed by atoms with Gasteiger partial charge in [0.25, 0.3) is 0 Å². The fraction of sp³-hybridized carbons (Fsp3) is 0.722. The van der Waals surface area contributed by atoms with Crippen LogP contribution in [0.15, 0.2) is 11.4 Å². The summed E-state index contributed by atoms with van der Waals surface area (Å²) in [6.45, 7) is 8.26. The van der Waals surface area contributed by atoms with Crippen LogP contribution in [0.3, 0.4) is 0 Å². The number of amides is 1. The first-order chi connectivity index (χ1) is 11.2. The van der Waals surface area contributed by atoms with E-state index in [1.165, 1.54) is 36.2 Å². The molecule has 0 N–H and O–H groups in total. The first-order valence-corrected chi connectivity index (χ1v) is 9.92. The molecule has 3 aliphatic rings. The van der Waals surface area contributed by atoms with E-state index in [0.717, 1.165) is 45.2 Å². The van der Waals surface area contributed by atoms with Gasteiger partial charge >= 0.3 is 0 Å². The molecular weight excluding hydrogens is 306 g/mol. The van der Waals surface area contributed by atoms with E-state index in [-0.39, 0.29) is 6.04 Å². The first kappa shape index (κ1) is 15.6. The molecular formula is C18H27N3OS. The molecule has 1 saturated heterocycles. The Bertz CT molecular complexity index is 568. The predicted molar refractivity (Wildman–Crippen MR) is 93.7 cm³/mol. The van der Waals surface area contributed by atoms with Crippen LogP contribution in [-0.2, 0) is 17.8 Å². The Balaban J connectivity index is 1.36. The van der Waals surface area contributed by atoms with E-state index in [1.54, 1.807) is 0 Å². The van der Waals surface area contributed by atoms with Crippen molar-refractivity contribution >= 4 is 17.2 Å². The van der Waals surface area contributed by atoms with Crippen LogP contribution in [0.1, 0.15) is 36.6 Å². The van der Waals surface area contributed by atoms with Crippen molar-refractivity contribution in [1.29, 1.82) is 0 Å². The molecule has 4 nitrogen and oxygen atoms in total. The molecule has 0 spiro atoms. The number of thiophene rings is 1. The highest BCUT2D eigenvalue weighted by Crippen LogP contribution is 2.28. The van der Waals surface area contributed by atoms with Crippen molar-refractivity contribution in [3.05, 3.63) is 21.9 Å². The van der Waals surface area contributed by atoms with E-state index < -0.39 is 0 Å². The minimum atomic E-state index is 0.0225. The molecule has 0 unspecified atom stereocenters. The molecule has 0 aromatic carbocycles. The number of rotatable bonds is 3. The highest BCUT2D eigenvalue weighted by molar-refractivity contribution is 7.10. The Labute approximate surface area is 143 Å². The van der Waals surface area contributed by atoms with Gasteiger partial charge in [0.2, 0.25) is 5.91 Å². The highest BCUT2D eigenvalue weighted by atomic mass is 32.1. The van der Waals surface area contributed by atoms with Gasteiger partial charge in [-0.15, -0.1) is 11.3 Å². The van der Waals surface area contributed by atoms with Crippen LogP contribution >= 0.6 is 11.3 Å². The zero-order chi connectivity index (χ0) is 15.8. The van der Waals surface area contributed by atoms with Crippen LogP contribution in [-0.4, -0.2) is 65.4 Å². The molecule has 2 fully saturated rings. The van der Waals surface area contributed by atoms with Gasteiger partial charge in [-0.1, -0.05) is 0 Å². The Morgan fingerprint density at radius 2 is 2.09 bits per heavy atom. The maximum absolute atomic E-state index is 12.9. The highest BCUT2D eigenvalue weighted by Gasteiger charge is 2.33. The molecule has 5 heteroatoms. The van der Waals surface area contributed by atoms with Gasteiger partial charge < -0.3 is 4.90 Å². The van der Waals surface area contributed by atoms with Gasteiger partial charge in [0, 0.05) is 43.6 Å². The molecule has 1 atom stereocenters. The standard InChI is InChI=1S/C18H27N3OS/c1-14(19-7-2-8-20(11-10-19)16-3-4-16)18(22)21-9-5-17-15(13-21)6-12-23-17/h6,12,14,16H,2-5,7-11,13H2,1H3/t14-/m1/s1. The smallest absolute Gasteiger partial charge is 0.239 e. The summed E-state index contributed by atoms with van der Waals surface area (Å²) >= 11 is 1.83. The summed E-state index contributed by atoms with van der Waals surface area (Å²) in [4.78, 5) is 21.5. The van der Waals surface area contributed by atoms with Gasteiger partial charge in [0.05, 0.1) is 6.04 Å². The second-order valence-corrected chi connectivity index (χ2v) is 8.21. The Kier molecular flexibility index (Phi) is 4.43. The fourth-order valence-electron chi connectivity index (χ4n) is 4.01. The second-order valence-electron chi connectivity index (χ2n) is 7.21. The van der Waals surface area contributed by atoms with Gasteiger partial charge in [-0.3, -0.25) is 14.6 Å². The molecule has 1 saturated carbocycles. The predicted octanol–water partition coefficient (Wildman–Crippen LogP) is 2.19. The van der Waals surface area contributed by atoms with Crippen molar-refractivity contribution in [1.82, 2.24) is 14.7 Å². The van der Waals surface area contributed by atoms with Crippen LogP contribution in [0.25, 0.3) is 0 Å². The van der Waals surface area contributed by atoms with Gasteiger partial charge in [-0.05, 0) is 56.2 Å². The van der Waals surface area contributed by atoms with Crippen LogP contribution in [0.2, 0.25) is 0 Å². The second kappa shape index (κ2) is 6.54. The molecule has 1 aliphatic carbocycles. The third-order valence-electron chi connectivity index (χ3n) is 5.65. The minimum absolute atomic E-state index is 0.0225. The van der Waals surface area contributed by atoms with Crippen molar-refractivity contribution in [2.75, 3.05) is 32.7 Å². The lowest BCUT2D eigenvalue weighted by atomic mass is 10.1. The first-order valence-electron chi connectivity index (χ1n) is 9.04. The summed E-state index contributed by atoms with van der Waals surface area (Å²) < 4.78 is 0. The fourth-order valence-corrected chi connectivity index (χ4v) is 4.90. The zero-order valence-corrected chi connectivity index (χ0v) is 14.9. The Hall–Kier alpha value is -0.910. The van der Waals surface area contributed by atoms with Gasteiger partial charge in [0.15, 0.2) is 0 Å². The largest absolute Gasteiger partial charge is 0.337 e. The average molecular weight is 334 g/mol. The minimum Gasteiger partial charge on any atom is -0.337 e. The molecule has 3 heterocycles. The lowest BCUT2D eigenvalue weighted by Gasteiger charge is -2.34. The van der Waals surface area contributed by atoms with Crippen LogP contribution in [0.5, 0.6) is 0 Å². The Morgan fingerprint density at radius 1 is 1.22 bits per heavy atom. The van der Waals surface area contributed by atoms with Gasteiger partial charge in [-0.25, -0.2) is 0 Å². The summed E-state index contributed by atoms with van der Waals surface area (Å²) in [6, 6.07) is 3.05. The molecule has 4 rings (SSSR count). The van der Waals surface area contributed by atoms with E-state index >= 15 is 0 Å². The number of fused-ring (bicyclic) bond motifs is 1. The number of hydrogen-bond acceptors (Lipinski definition) is 4. The molecule has 23 heavy (non-hydrogen) atoms. The van der Waals surface area contributed by atoms with E-state index in [0.29, 0.717) is 5.91 Å². The normalized spacial score (nSPS) is 25.0. The number of carbonyl (C=O) groups excluding carboxylic acids is 1. The monoisotopic (exact) mass is 333 g/mol. The Morgan fingerprint density at radius 3 is 2.91 bits per heavy atom. The lowest BCUT2D eigenvalue weighted by Crippen LogP contribution is -2.49. The summed E-state index contributed by atoms with van der Waals surface area (Å²) in [5, 5.41) is 2.16. The maximum atomic E-state index is 12.9. The molecule has 1 aromatic rings. The average Bonchev–Trinajstić information content (AvgIpc) is 3.34. The van der Waals surface area contributed by atoms with Crippen molar-refractivity contribution < 1.29 is 4.79 Å². The third-order valence-corrected chi connectivity index (χ3v) is 6.68. The van der Waals surface area contributed by atoms with E-state index in [9.17, 15) is 4.79 Å². The summed E-state index contributed by atoms with van der Waals surface area (Å²) in [5.41, 5.74) is 1.36. The quantitative estimate of drug-likeness (QED) is 0.848. The molecule has 2 aliphatic heterocycles. The van der Waals surface area contributed by atoms with E-state index in [1.807, 2.05) is 11.3 Å². The molecule has 126 valence electrons. The molecule has 1 amide bonds. The lowest BCUT2D eigenvalue weighted by molar-refractivity contribution is -0.137. The SMILES string of the molecule is C[C@H](C(=O)N1CCc2sccc2C1)N1CCCN(C2CC2)CC1. The van der Waals surface area contributed by atoms with Crippen molar-refractivity contribution in [2.24, 2.45) is 0 Å². The molecule has 1 aromatic heterocycles. The van der Waals surface area contributed by atoms with Crippen LogP contribution in [0.4, 0.5) is 0 Å². The van der Waals surface area contributed by atoms with Crippen molar-refractivity contribution in [2.45, 2.75) is 51.2 Å². The maximum Gasteiger partial charge on any atom is 0.239 e. The van der Waals surface area contributed by atoms with Gasteiger partial charge in [-0.2, -0.15) is 0 Å². The van der Waals surface area contributed by atoms with E-state index in [2.05, 4.69) is 33.1 Å². The summed E-state index contributed by atoms with van der Waals surface area (Å²) in [5.74, 6) is 0.321. The number of carbonyl (C=O) groups is 1. The zero-order valence-electron chi connectivity index (χ0n) is 14.0.